The van der Waals surface area contributed by atoms with Gasteiger partial charge in [-0.15, -0.1) is 6.58 Å². The van der Waals surface area contributed by atoms with E-state index in [1.807, 2.05) is 27.0 Å². The Morgan fingerprint density at radius 2 is 2.20 bits per heavy atom. The first-order chi connectivity index (χ1) is 7.04. The second-order valence-corrected chi connectivity index (χ2v) is 4.43. The average molecular weight is 224 g/mol. The number of nitrogens with one attached hydrogen (secondary N) is 1. The van der Waals surface area contributed by atoms with E-state index in [0.717, 1.165) is 22.6 Å². The summed E-state index contributed by atoms with van der Waals surface area (Å²) in [4.78, 5) is 0. The second kappa shape index (κ2) is 5.34. The number of hydrogen-bond acceptors (Lipinski definition) is 1. The van der Waals surface area contributed by atoms with Crippen molar-refractivity contribution in [2.24, 2.45) is 0 Å². The topological polar surface area (TPSA) is 12.0 Å². The minimum Gasteiger partial charge on any atom is -0.313 e. The molecule has 1 atom stereocenters. The zero-order chi connectivity index (χ0) is 11.4. The van der Waals surface area contributed by atoms with Gasteiger partial charge in [0.15, 0.2) is 0 Å². The number of benzene rings is 1. The summed E-state index contributed by atoms with van der Waals surface area (Å²) in [6.07, 6.45) is 0.916. The van der Waals surface area contributed by atoms with Crippen LogP contribution in [0.5, 0.6) is 0 Å². The summed E-state index contributed by atoms with van der Waals surface area (Å²) < 4.78 is 0. The molecule has 0 saturated heterocycles. The van der Waals surface area contributed by atoms with Gasteiger partial charge in [0, 0.05) is 11.1 Å². The summed E-state index contributed by atoms with van der Waals surface area (Å²) in [5.74, 6) is 0. The molecule has 0 spiro atoms. The lowest BCUT2D eigenvalue weighted by atomic mass is 9.99. The lowest BCUT2D eigenvalue weighted by molar-refractivity contribution is 0.590. The highest BCUT2D eigenvalue weighted by Crippen LogP contribution is 2.27. The maximum Gasteiger partial charge on any atom is 0.0456 e. The Bertz CT molecular complexity index is 358. The van der Waals surface area contributed by atoms with Crippen molar-refractivity contribution in [3.8, 4) is 0 Å². The highest BCUT2D eigenvalue weighted by atomic mass is 35.5. The lowest BCUT2D eigenvalue weighted by Crippen LogP contribution is -2.17. The Morgan fingerprint density at radius 1 is 1.53 bits per heavy atom. The minimum atomic E-state index is 0.260. The van der Waals surface area contributed by atoms with Crippen LogP contribution in [-0.2, 0) is 0 Å². The summed E-state index contributed by atoms with van der Waals surface area (Å²) in [7, 11) is 1.95. The molecule has 0 aliphatic rings. The van der Waals surface area contributed by atoms with Crippen LogP contribution < -0.4 is 5.32 Å². The third-order valence-electron chi connectivity index (χ3n) is 2.43. The van der Waals surface area contributed by atoms with Gasteiger partial charge in [0.1, 0.15) is 0 Å². The van der Waals surface area contributed by atoms with Crippen molar-refractivity contribution in [2.75, 3.05) is 7.05 Å². The molecule has 0 heterocycles. The maximum atomic E-state index is 6.22. The fourth-order valence-electron chi connectivity index (χ4n) is 1.63. The molecule has 1 N–H and O–H groups in total. The van der Waals surface area contributed by atoms with E-state index < -0.39 is 0 Å². The average Bonchev–Trinajstić information content (AvgIpc) is 2.14. The van der Waals surface area contributed by atoms with Gasteiger partial charge in [0.05, 0.1) is 0 Å². The molecule has 1 aromatic rings. The quantitative estimate of drug-likeness (QED) is 0.764. The highest BCUT2D eigenvalue weighted by Gasteiger charge is 2.12. The predicted octanol–water partition coefficient (Wildman–Crippen LogP) is 3.88. The van der Waals surface area contributed by atoms with Gasteiger partial charge in [-0.1, -0.05) is 29.3 Å². The van der Waals surface area contributed by atoms with Crippen LogP contribution in [0.3, 0.4) is 0 Å². The molecule has 15 heavy (non-hydrogen) atoms. The van der Waals surface area contributed by atoms with Crippen LogP contribution in [0.25, 0.3) is 0 Å². The smallest absolute Gasteiger partial charge is 0.0456 e. The molecule has 0 saturated carbocycles. The predicted molar refractivity (Wildman–Crippen MR) is 67.4 cm³/mol. The van der Waals surface area contributed by atoms with E-state index in [9.17, 15) is 0 Å². The first-order valence-electron chi connectivity index (χ1n) is 5.12. The first kappa shape index (κ1) is 12.3. The SMILES string of the molecule is C=C(C)CC(NC)c1ccc(C)cc1Cl. The Morgan fingerprint density at radius 3 is 2.67 bits per heavy atom. The van der Waals surface area contributed by atoms with Gasteiger partial charge >= 0.3 is 0 Å². The van der Waals surface area contributed by atoms with E-state index in [2.05, 4.69) is 24.0 Å². The summed E-state index contributed by atoms with van der Waals surface area (Å²) >= 11 is 6.22. The second-order valence-electron chi connectivity index (χ2n) is 4.03. The minimum absolute atomic E-state index is 0.260. The Hall–Kier alpha value is -0.790. The van der Waals surface area contributed by atoms with Crippen LogP contribution >= 0.6 is 11.6 Å². The Kier molecular flexibility index (Phi) is 4.37. The van der Waals surface area contributed by atoms with Crippen LogP contribution in [0.2, 0.25) is 5.02 Å². The normalized spacial score (nSPS) is 12.5. The number of hydrogen-bond donors (Lipinski definition) is 1. The third kappa shape index (κ3) is 3.37. The van der Waals surface area contributed by atoms with E-state index in [1.165, 1.54) is 5.56 Å². The zero-order valence-corrected chi connectivity index (χ0v) is 10.4. The molecular formula is C13H18ClN. The fourth-order valence-corrected chi connectivity index (χ4v) is 2.00. The molecule has 0 fully saturated rings. The summed E-state index contributed by atoms with van der Waals surface area (Å²) in [6, 6.07) is 6.43. The van der Waals surface area contributed by atoms with Gasteiger partial charge in [0.2, 0.25) is 0 Å². The molecule has 0 amide bonds. The molecule has 1 aromatic carbocycles. The van der Waals surface area contributed by atoms with Gasteiger partial charge in [-0.3, -0.25) is 0 Å². The molecule has 82 valence electrons. The van der Waals surface area contributed by atoms with Crippen molar-refractivity contribution in [3.05, 3.63) is 46.5 Å². The number of aryl methyl sites for hydroxylation is 1. The summed E-state index contributed by atoms with van der Waals surface area (Å²) in [6.45, 7) is 8.01. The van der Waals surface area contributed by atoms with Crippen molar-refractivity contribution < 1.29 is 0 Å². The van der Waals surface area contributed by atoms with Crippen molar-refractivity contribution in [3.63, 3.8) is 0 Å². The van der Waals surface area contributed by atoms with E-state index >= 15 is 0 Å². The van der Waals surface area contributed by atoms with E-state index in [1.54, 1.807) is 0 Å². The lowest BCUT2D eigenvalue weighted by Gasteiger charge is -2.18. The van der Waals surface area contributed by atoms with Crippen molar-refractivity contribution >= 4 is 11.6 Å². The molecule has 0 aliphatic carbocycles. The van der Waals surface area contributed by atoms with Gasteiger partial charge in [-0.05, 0) is 44.5 Å². The van der Waals surface area contributed by atoms with E-state index in [0.29, 0.717) is 0 Å². The number of halogens is 1. The van der Waals surface area contributed by atoms with Crippen LogP contribution in [0, 0.1) is 6.92 Å². The standard InChI is InChI=1S/C13H18ClN/c1-9(2)7-13(15-4)11-6-5-10(3)8-12(11)14/h5-6,8,13,15H,1,7H2,2-4H3. The largest absolute Gasteiger partial charge is 0.313 e. The number of rotatable bonds is 4. The third-order valence-corrected chi connectivity index (χ3v) is 2.76. The van der Waals surface area contributed by atoms with Gasteiger partial charge in [0.25, 0.3) is 0 Å². The summed E-state index contributed by atoms with van der Waals surface area (Å²) in [5.41, 5.74) is 3.49. The van der Waals surface area contributed by atoms with Crippen molar-refractivity contribution in [1.29, 1.82) is 0 Å². The molecule has 1 unspecified atom stereocenters. The van der Waals surface area contributed by atoms with Crippen molar-refractivity contribution in [1.82, 2.24) is 5.32 Å². The molecule has 0 aliphatic heterocycles. The van der Waals surface area contributed by atoms with Crippen LogP contribution in [0.15, 0.2) is 30.4 Å². The van der Waals surface area contributed by atoms with Gasteiger partial charge in [-0.25, -0.2) is 0 Å². The molecule has 1 rings (SSSR count). The molecule has 2 heteroatoms. The summed E-state index contributed by atoms with van der Waals surface area (Å²) in [5, 5.41) is 4.09. The molecular weight excluding hydrogens is 206 g/mol. The van der Waals surface area contributed by atoms with Crippen LogP contribution in [0.4, 0.5) is 0 Å². The molecule has 0 aromatic heterocycles. The maximum absolute atomic E-state index is 6.22. The molecule has 0 radical (unpaired) electrons. The Balaban J connectivity index is 2.96. The van der Waals surface area contributed by atoms with E-state index in [4.69, 9.17) is 11.6 Å². The van der Waals surface area contributed by atoms with Crippen LogP contribution in [0.1, 0.15) is 30.5 Å². The van der Waals surface area contributed by atoms with Crippen molar-refractivity contribution in [2.45, 2.75) is 26.3 Å². The first-order valence-corrected chi connectivity index (χ1v) is 5.50. The molecule has 1 nitrogen and oxygen atoms in total. The van der Waals surface area contributed by atoms with Crippen LogP contribution in [-0.4, -0.2) is 7.05 Å². The Labute approximate surface area is 97.1 Å². The highest BCUT2D eigenvalue weighted by molar-refractivity contribution is 6.31. The van der Waals surface area contributed by atoms with Gasteiger partial charge in [-0.2, -0.15) is 0 Å². The monoisotopic (exact) mass is 223 g/mol. The zero-order valence-electron chi connectivity index (χ0n) is 9.60. The van der Waals surface area contributed by atoms with E-state index in [-0.39, 0.29) is 6.04 Å². The fraction of sp³-hybridized carbons (Fsp3) is 0.385. The van der Waals surface area contributed by atoms with Gasteiger partial charge < -0.3 is 5.32 Å². The molecule has 0 bridgehead atoms.